The minimum absolute atomic E-state index is 0.389. The van der Waals surface area contributed by atoms with Crippen molar-refractivity contribution >= 4 is 18.5 Å². The lowest BCUT2D eigenvalue weighted by atomic mass is 10.2. The summed E-state index contributed by atoms with van der Waals surface area (Å²) >= 11 is 0. The van der Waals surface area contributed by atoms with E-state index >= 15 is 0 Å². The second-order valence-electron chi connectivity index (χ2n) is 4.66. The van der Waals surface area contributed by atoms with Crippen LogP contribution in [0.15, 0.2) is 42.7 Å². The van der Waals surface area contributed by atoms with Crippen LogP contribution in [0, 0.1) is 0 Å². The number of nitrogens with zero attached hydrogens (tertiary/aromatic N) is 3. The predicted octanol–water partition coefficient (Wildman–Crippen LogP) is 0.836. The predicted molar refractivity (Wildman–Crippen MR) is 80.4 cm³/mol. The van der Waals surface area contributed by atoms with Gasteiger partial charge in [-0.25, -0.2) is 4.98 Å². The highest BCUT2D eigenvalue weighted by molar-refractivity contribution is 6.33. The lowest BCUT2D eigenvalue weighted by Gasteiger charge is -2.07. The van der Waals surface area contributed by atoms with Crippen LogP contribution >= 0.6 is 0 Å². The first-order chi connectivity index (χ1) is 10.7. The van der Waals surface area contributed by atoms with Gasteiger partial charge in [-0.15, -0.1) is 0 Å². The van der Waals surface area contributed by atoms with E-state index in [9.17, 15) is 0 Å². The molecule has 3 aromatic rings. The lowest BCUT2D eigenvalue weighted by molar-refractivity contribution is 0.288. The number of methoxy groups -OCH3 is 1. The molecule has 2 aromatic heterocycles. The molecule has 7 nitrogen and oxygen atoms in total. The van der Waals surface area contributed by atoms with Crippen LogP contribution in [0.2, 0.25) is 0 Å². The number of pyridine rings is 1. The van der Waals surface area contributed by atoms with Crippen LogP contribution in [0.25, 0.3) is 11.2 Å². The molecule has 22 heavy (non-hydrogen) atoms. The summed E-state index contributed by atoms with van der Waals surface area (Å²) in [4.78, 5) is 8.53. The fraction of sp³-hybridized carbons (Fsp3) is 0.143. The molecule has 112 valence electrons. The molecule has 0 aliphatic rings. The third-order valence-corrected chi connectivity index (χ3v) is 3.18. The van der Waals surface area contributed by atoms with Crippen LogP contribution in [0.4, 0.5) is 0 Å². The second kappa shape index (κ2) is 6.04. The smallest absolute Gasteiger partial charge is 0.512 e. The van der Waals surface area contributed by atoms with E-state index in [4.69, 9.17) is 19.4 Å². The molecule has 0 radical (unpaired) electrons. The SMILES string of the molecule is COc1ccc2c(ncn2Cc2ccc(OB(O)O)cc2)n1. The summed E-state index contributed by atoms with van der Waals surface area (Å²) in [6.07, 6.45) is 1.72. The van der Waals surface area contributed by atoms with Crippen molar-refractivity contribution in [3.05, 3.63) is 48.3 Å². The van der Waals surface area contributed by atoms with E-state index in [0.717, 1.165) is 11.1 Å². The summed E-state index contributed by atoms with van der Waals surface area (Å²) in [5.74, 6) is 0.919. The molecule has 3 rings (SSSR count). The Kier molecular flexibility index (Phi) is 3.95. The van der Waals surface area contributed by atoms with Crippen LogP contribution in [0.3, 0.4) is 0 Å². The maximum atomic E-state index is 8.75. The zero-order valence-corrected chi connectivity index (χ0v) is 11.9. The summed E-state index contributed by atoms with van der Waals surface area (Å²) in [5.41, 5.74) is 2.56. The fourth-order valence-corrected chi connectivity index (χ4v) is 2.16. The van der Waals surface area contributed by atoms with E-state index in [0.29, 0.717) is 23.8 Å². The van der Waals surface area contributed by atoms with E-state index in [-0.39, 0.29) is 0 Å². The summed E-state index contributed by atoms with van der Waals surface area (Å²) in [6, 6.07) is 10.7. The first-order valence-corrected chi connectivity index (χ1v) is 6.63. The summed E-state index contributed by atoms with van der Waals surface area (Å²) < 4.78 is 11.8. The van der Waals surface area contributed by atoms with E-state index < -0.39 is 7.32 Å². The summed E-state index contributed by atoms with van der Waals surface area (Å²) in [6.45, 7) is 0.618. The number of fused-ring (bicyclic) bond motifs is 1. The maximum Gasteiger partial charge on any atom is 0.707 e. The number of hydrogen-bond donors (Lipinski definition) is 2. The molecule has 0 saturated carbocycles. The van der Waals surface area contributed by atoms with Crippen molar-refractivity contribution in [1.29, 1.82) is 0 Å². The molecule has 0 saturated heterocycles. The molecule has 2 heterocycles. The van der Waals surface area contributed by atoms with Gasteiger partial charge >= 0.3 is 7.32 Å². The first kappa shape index (κ1) is 14.4. The van der Waals surface area contributed by atoms with Gasteiger partial charge in [0.2, 0.25) is 5.88 Å². The van der Waals surface area contributed by atoms with Crippen LogP contribution in [-0.4, -0.2) is 39.0 Å². The molecule has 0 aliphatic carbocycles. The fourth-order valence-electron chi connectivity index (χ4n) is 2.16. The highest BCUT2D eigenvalue weighted by atomic mass is 16.6. The third-order valence-electron chi connectivity index (χ3n) is 3.18. The molecular formula is C14H14BN3O4. The van der Waals surface area contributed by atoms with Crippen LogP contribution in [0.5, 0.6) is 11.6 Å². The standard InChI is InChI=1S/C14H14BN3O4/c1-21-13-7-6-12-14(17-13)16-9-18(12)8-10-2-4-11(5-3-10)22-15(19)20/h2-7,9,19-20H,8H2,1H3. The van der Waals surface area contributed by atoms with Gasteiger partial charge in [0.05, 0.1) is 19.0 Å². The quantitative estimate of drug-likeness (QED) is 0.678. The Morgan fingerprint density at radius 1 is 1.14 bits per heavy atom. The number of rotatable bonds is 5. The molecule has 0 amide bonds. The van der Waals surface area contributed by atoms with Crippen molar-refractivity contribution in [1.82, 2.24) is 14.5 Å². The van der Waals surface area contributed by atoms with Crippen molar-refractivity contribution in [3.8, 4) is 11.6 Å². The van der Waals surface area contributed by atoms with Crippen molar-refractivity contribution in [2.75, 3.05) is 7.11 Å². The Labute approximate surface area is 127 Å². The van der Waals surface area contributed by atoms with Crippen molar-refractivity contribution in [2.24, 2.45) is 0 Å². The van der Waals surface area contributed by atoms with Gasteiger partial charge in [0.1, 0.15) is 5.75 Å². The Bertz CT molecular complexity index is 773. The molecule has 0 aliphatic heterocycles. The molecular weight excluding hydrogens is 285 g/mol. The van der Waals surface area contributed by atoms with Crippen molar-refractivity contribution < 1.29 is 19.4 Å². The van der Waals surface area contributed by atoms with Gasteiger partial charge in [-0.05, 0) is 23.8 Å². The molecule has 0 spiro atoms. The van der Waals surface area contributed by atoms with Gasteiger partial charge in [-0.1, -0.05) is 12.1 Å². The van der Waals surface area contributed by atoms with E-state index in [1.54, 1.807) is 31.6 Å². The summed E-state index contributed by atoms with van der Waals surface area (Å²) in [7, 11) is -0.248. The highest BCUT2D eigenvalue weighted by Gasteiger charge is 2.11. The lowest BCUT2D eigenvalue weighted by Crippen LogP contribution is -2.20. The number of imidazole rings is 1. The molecule has 1 aromatic carbocycles. The Morgan fingerprint density at radius 3 is 2.59 bits per heavy atom. The molecule has 0 unspecified atom stereocenters. The largest absolute Gasteiger partial charge is 0.707 e. The number of ether oxygens (including phenoxy) is 1. The zero-order chi connectivity index (χ0) is 15.5. The van der Waals surface area contributed by atoms with Gasteiger partial charge in [-0.2, -0.15) is 4.98 Å². The Balaban J connectivity index is 1.81. The maximum absolute atomic E-state index is 8.75. The molecule has 2 N–H and O–H groups in total. The average molecular weight is 299 g/mol. The van der Waals surface area contributed by atoms with Gasteiger partial charge in [-0.3, -0.25) is 0 Å². The van der Waals surface area contributed by atoms with Crippen LogP contribution in [0.1, 0.15) is 5.56 Å². The van der Waals surface area contributed by atoms with Gasteiger partial charge in [0.15, 0.2) is 5.65 Å². The number of benzene rings is 1. The van der Waals surface area contributed by atoms with Gasteiger partial charge in [0.25, 0.3) is 0 Å². The highest BCUT2D eigenvalue weighted by Crippen LogP contribution is 2.18. The molecule has 0 atom stereocenters. The van der Waals surface area contributed by atoms with Crippen molar-refractivity contribution in [3.63, 3.8) is 0 Å². The Morgan fingerprint density at radius 2 is 1.91 bits per heavy atom. The van der Waals surface area contributed by atoms with Crippen LogP contribution < -0.4 is 9.39 Å². The van der Waals surface area contributed by atoms with E-state index in [2.05, 4.69) is 9.97 Å². The second-order valence-corrected chi connectivity index (χ2v) is 4.66. The van der Waals surface area contributed by atoms with E-state index in [1.807, 2.05) is 22.8 Å². The van der Waals surface area contributed by atoms with E-state index in [1.165, 1.54) is 0 Å². The monoisotopic (exact) mass is 299 g/mol. The minimum Gasteiger partial charge on any atom is -0.512 e. The topological polar surface area (TPSA) is 89.6 Å². The molecule has 0 fully saturated rings. The normalized spacial score (nSPS) is 10.7. The van der Waals surface area contributed by atoms with Crippen molar-refractivity contribution in [2.45, 2.75) is 6.54 Å². The zero-order valence-electron chi connectivity index (χ0n) is 11.9. The van der Waals surface area contributed by atoms with Gasteiger partial charge < -0.3 is 24.0 Å². The molecule has 0 bridgehead atoms. The van der Waals surface area contributed by atoms with Crippen LogP contribution in [-0.2, 0) is 6.54 Å². The van der Waals surface area contributed by atoms with Gasteiger partial charge in [0, 0.05) is 12.6 Å². The summed E-state index contributed by atoms with van der Waals surface area (Å²) in [5, 5.41) is 17.5. The Hall–Kier alpha value is -2.58. The third kappa shape index (κ3) is 3.02. The number of aromatic nitrogens is 3. The number of hydrogen-bond acceptors (Lipinski definition) is 6. The minimum atomic E-state index is -1.82. The first-order valence-electron chi connectivity index (χ1n) is 6.63. The average Bonchev–Trinajstić information content (AvgIpc) is 2.91. The molecule has 8 heteroatoms.